The summed E-state index contributed by atoms with van der Waals surface area (Å²) in [4.78, 5) is 0. The van der Waals surface area contributed by atoms with Crippen LogP contribution in [0.5, 0.6) is 0 Å². The van der Waals surface area contributed by atoms with Gasteiger partial charge in [0, 0.05) is 37.7 Å². The average Bonchev–Trinajstić information content (AvgIpc) is 2.57. The predicted molar refractivity (Wildman–Crippen MR) is 107 cm³/mol. The van der Waals surface area contributed by atoms with Crippen LogP contribution in [0.2, 0.25) is 10.0 Å². The van der Waals surface area contributed by atoms with Gasteiger partial charge in [-0.25, -0.2) is 0 Å². The maximum atomic E-state index is 13.4. The van der Waals surface area contributed by atoms with E-state index in [1.54, 1.807) is 76.2 Å². The molecule has 0 saturated carbocycles. The van der Waals surface area contributed by atoms with Gasteiger partial charge in [-0.05, 0) is 48.5 Å². The lowest BCUT2D eigenvalue weighted by atomic mass is 9.83. The van der Waals surface area contributed by atoms with E-state index < -0.39 is 11.1 Å². The molecular formula is C20H20Cl2N2O2. The Balaban J connectivity index is 2.25. The van der Waals surface area contributed by atoms with Crippen LogP contribution in [0.4, 0.5) is 0 Å². The van der Waals surface area contributed by atoms with Crippen molar-refractivity contribution in [1.29, 1.82) is 0 Å². The molecule has 4 nitrogen and oxygen atoms in total. The highest BCUT2D eigenvalue weighted by atomic mass is 35.5. The minimum atomic E-state index is -1.06. The van der Waals surface area contributed by atoms with Gasteiger partial charge in [0.1, 0.15) is 0 Å². The fourth-order valence-electron chi connectivity index (χ4n) is 3.40. The lowest BCUT2D eigenvalue weighted by molar-refractivity contribution is -0.598. The van der Waals surface area contributed by atoms with E-state index in [0.717, 1.165) is 9.48 Å². The molecule has 0 aliphatic carbocycles. The van der Waals surface area contributed by atoms with Crippen molar-refractivity contribution in [2.45, 2.75) is 38.8 Å². The van der Waals surface area contributed by atoms with Crippen molar-refractivity contribution in [2.75, 3.05) is 0 Å². The molecule has 0 radical (unpaired) electrons. The summed E-state index contributed by atoms with van der Waals surface area (Å²) in [6, 6.07) is 13.9. The molecule has 0 N–H and O–H groups in total. The summed E-state index contributed by atoms with van der Waals surface area (Å²) in [5.74, 6) is 0. The summed E-state index contributed by atoms with van der Waals surface area (Å²) in [5.41, 5.74) is 0.0656. The lowest BCUT2D eigenvalue weighted by Gasteiger charge is -2.38. The van der Waals surface area contributed by atoms with Crippen molar-refractivity contribution in [3.63, 3.8) is 0 Å². The minimum absolute atomic E-state index is 0.409. The zero-order valence-electron chi connectivity index (χ0n) is 15.1. The third kappa shape index (κ3) is 2.87. The number of rotatable bonds is 2. The van der Waals surface area contributed by atoms with Crippen molar-refractivity contribution >= 4 is 34.6 Å². The molecule has 0 atom stereocenters. The van der Waals surface area contributed by atoms with E-state index in [0.29, 0.717) is 32.6 Å². The van der Waals surface area contributed by atoms with Gasteiger partial charge in [-0.1, -0.05) is 23.2 Å². The topological polar surface area (TPSA) is 52.1 Å². The van der Waals surface area contributed by atoms with Crippen LogP contribution in [0, 0.1) is 10.4 Å². The number of hydroxylamine groups is 2. The van der Waals surface area contributed by atoms with E-state index >= 15 is 0 Å². The molecule has 136 valence electrons. The molecule has 6 heteroatoms. The first-order chi connectivity index (χ1) is 12.1. The van der Waals surface area contributed by atoms with E-state index in [9.17, 15) is 10.4 Å². The van der Waals surface area contributed by atoms with E-state index in [1.807, 2.05) is 0 Å². The maximum absolute atomic E-state index is 13.4. The van der Waals surface area contributed by atoms with Crippen molar-refractivity contribution in [1.82, 2.24) is 0 Å². The molecule has 0 bridgehead atoms. The maximum Gasteiger partial charge on any atom is 0.268 e. The first-order valence-corrected chi connectivity index (χ1v) is 9.04. The predicted octanol–water partition coefficient (Wildman–Crippen LogP) is 4.86. The van der Waals surface area contributed by atoms with E-state index in [-0.39, 0.29) is 0 Å². The van der Waals surface area contributed by atoms with E-state index in [1.165, 1.54) is 0 Å². The molecule has 0 spiro atoms. The van der Waals surface area contributed by atoms with Crippen LogP contribution in [-0.2, 0) is 0 Å². The van der Waals surface area contributed by atoms with E-state index in [4.69, 9.17) is 23.2 Å². The summed E-state index contributed by atoms with van der Waals surface area (Å²) in [6.45, 7) is 7.00. The van der Waals surface area contributed by atoms with Crippen molar-refractivity contribution in [2.24, 2.45) is 0 Å². The SMILES string of the molecule is CC1(C)C(c2ccc(Cl)cc2)=[N+]([O-])C(C)(C)C(c2ccc(Cl)cc2)=[N+]1[O-]. The molecule has 3 rings (SSSR count). The minimum Gasteiger partial charge on any atom is -0.623 e. The quantitative estimate of drug-likeness (QED) is 0.542. The first-order valence-electron chi connectivity index (χ1n) is 8.28. The Kier molecular flexibility index (Phi) is 4.53. The van der Waals surface area contributed by atoms with Gasteiger partial charge in [0.15, 0.2) is 0 Å². The molecule has 2 aromatic rings. The van der Waals surface area contributed by atoms with Crippen molar-refractivity contribution < 1.29 is 9.48 Å². The zero-order valence-corrected chi connectivity index (χ0v) is 16.6. The lowest BCUT2D eigenvalue weighted by Crippen LogP contribution is -2.61. The second kappa shape index (κ2) is 6.29. The van der Waals surface area contributed by atoms with Gasteiger partial charge >= 0.3 is 0 Å². The second-order valence-corrected chi connectivity index (χ2v) is 8.29. The molecule has 1 aliphatic rings. The number of hydrogen-bond acceptors (Lipinski definition) is 2. The molecule has 0 saturated heterocycles. The monoisotopic (exact) mass is 390 g/mol. The van der Waals surface area contributed by atoms with Crippen molar-refractivity contribution in [3.05, 3.63) is 80.1 Å². The highest BCUT2D eigenvalue weighted by Crippen LogP contribution is 2.31. The smallest absolute Gasteiger partial charge is 0.268 e. The van der Waals surface area contributed by atoms with Crippen LogP contribution < -0.4 is 0 Å². The van der Waals surface area contributed by atoms with E-state index in [2.05, 4.69) is 0 Å². The van der Waals surface area contributed by atoms with Crippen LogP contribution in [0.1, 0.15) is 38.8 Å². The van der Waals surface area contributed by atoms with Crippen LogP contribution in [0.3, 0.4) is 0 Å². The van der Waals surface area contributed by atoms with Gasteiger partial charge in [0.25, 0.3) is 22.5 Å². The Morgan fingerprint density at radius 3 is 1.15 bits per heavy atom. The highest BCUT2D eigenvalue weighted by Gasteiger charge is 2.55. The van der Waals surface area contributed by atoms with Crippen LogP contribution in [-0.4, -0.2) is 32.0 Å². The number of halogens is 2. The zero-order chi connectivity index (χ0) is 19.3. The Morgan fingerprint density at radius 1 is 0.615 bits per heavy atom. The summed E-state index contributed by atoms with van der Waals surface area (Å²) in [6.07, 6.45) is 0. The van der Waals surface area contributed by atoms with Gasteiger partial charge in [-0.15, -0.1) is 0 Å². The fraction of sp³-hybridized carbons (Fsp3) is 0.300. The molecule has 26 heavy (non-hydrogen) atoms. The third-order valence-corrected chi connectivity index (χ3v) is 5.32. The molecule has 0 unspecified atom stereocenters. The number of benzene rings is 2. The normalized spacial score (nSPS) is 19.0. The molecule has 0 amide bonds. The molecule has 1 heterocycles. The summed E-state index contributed by atoms with van der Waals surface area (Å²) in [7, 11) is 0. The van der Waals surface area contributed by atoms with Gasteiger partial charge in [-0.3, -0.25) is 0 Å². The Bertz CT molecular complexity index is 834. The van der Waals surface area contributed by atoms with Gasteiger partial charge in [0.2, 0.25) is 0 Å². The second-order valence-electron chi connectivity index (χ2n) is 7.42. The standard InChI is InChI=1S/C20H20Cl2N2O2/c1-19(2)17(13-5-9-15(21)10-6-13)24(26)20(3,4)18(23(19)25)14-7-11-16(22)12-8-14/h5-12H,1-4H3. The van der Waals surface area contributed by atoms with Gasteiger partial charge in [-0.2, -0.15) is 9.48 Å². The van der Waals surface area contributed by atoms with Crippen LogP contribution in [0.25, 0.3) is 0 Å². The van der Waals surface area contributed by atoms with Crippen LogP contribution >= 0.6 is 23.2 Å². The molecule has 2 aromatic carbocycles. The number of hydrogen-bond donors (Lipinski definition) is 0. The van der Waals surface area contributed by atoms with Gasteiger partial charge in [0.05, 0.1) is 11.1 Å². The summed E-state index contributed by atoms with van der Waals surface area (Å²) < 4.78 is 1.88. The molecule has 1 aliphatic heterocycles. The van der Waals surface area contributed by atoms with Gasteiger partial charge < -0.3 is 10.4 Å². The molecule has 0 fully saturated rings. The Hall–Kier alpha value is -2.04. The Labute approximate surface area is 163 Å². The first kappa shape index (κ1) is 18.7. The third-order valence-electron chi connectivity index (χ3n) is 4.82. The largest absolute Gasteiger partial charge is 0.623 e. The Morgan fingerprint density at radius 2 is 0.885 bits per heavy atom. The average molecular weight is 391 g/mol. The summed E-state index contributed by atoms with van der Waals surface area (Å²) >= 11 is 11.9. The molecule has 0 aromatic heterocycles. The van der Waals surface area contributed by atoms with Crippen LogP contribution in [0.15, 0.2) is 48.5 Å². The summed E-state index contributed by atoms with van der Waals surface area (Å²) in [5, 5.41) is 27.9. The number of nitrogens with zero attached hydrogens (tertiary/aromatic N) is 2. The van der Waals surface area contributed by atoms with Crippen molar-refractivity contribution in [3.8, 4) is 0 Å². The fourth-order valence-corrected chi connectivity index (χ4v) is 3.66. The molecular weight excluding hydrogens is 371 g/mol. The highest BCUT2D eigenvalue weighted by molar-refractivity contribution is 6.31.